The molecule has 2 aromatic rings. The van der Waals surface area contributed by atoms with Gasteiger partial charge in [-0.15, -0.1) is 0 Å². The van der Waals surface area contributed by atoms with E-state index in [9.17, 15) is 8.78 Å². The molecule has 1 nitrogen and oxygen atoms in total. The Morgan fingerprint density at radius 3 is 2.62 bits per heavy atom. The van der Waals surface area contributed by atoms with Gasteiger partial charge in [-0.05, 0) is 60.5 Å². The summed E-state index contributed by atoms with van der Waals surface area (Å²) in [5.74, 6) is -0.502. The predicted molar refractivity (Wildman–Crippen MR) is 82.4 cm³/mol. The number of hydrogen-bond donors (Lipinski definition) is 1. The van der Waals surface area contributed by atoms with Crippen LogP contribution in [0.5, 0.6) is 0 Å². The van der Waals surface area contributed by atoms with E-state index in [2.05, 4.69) is 11.4 Å². The Hall–Kier alpha value is -1.65. The minimum absolute atomic E-state index is 0.243. The molecule has 21 heavy (non-hydrogen) atoms. The molecule has 0 saturated carbocycles. The lowest BCUT2D eigenvalue weighted by Crippen LogP contribution is -2.20. The molecule has 0 aromatic heterocycles. The molecule has 0 spiro atoms. The van der Waals surface area contributed by atoms with Crippen molar-refractivity contribution in [1.82, 2.24) is 5.32 Å². The van der Waals surface area contributed by atoms with E-state index in [1.807, 2.05) is 6.07 Å². The molecule has 0 bridgehead atoms. The summed E-state index contributed by atoms with van der Waals surface area (Å²) in [6.07, 6.45) is 2.97. The summed E-state index contributed by atoms with van der Waals surface area (Å²) in [4.78, 5) is 1.77. The monoisotopic (exact) mass is 303 g/mol. The van der Waals surface area contributed by atoms with Crippen molar-refractivity contribution in [2.24, 2.45) is 0 Å². The van der Waals surface area contributed by atoms with Crippen LogP contribution in [-0.2, 0) is 0 Å². The van der Waals surface area contributed by atoms with Gasteiger partial charge in [-0.25, -0.2) is 8.78 Å². The average Bonchev–Trinajstić information content (AvgIpc) is 2.50. The Morgan fingerprint density at radius 1 is 1.00 bits per heavy atom. The van der Waals surface area contributed by atoms with Crippen molar-refractivity contribution in [1.29, 1.82) is 0 Å². The maximum Gasteiger partial charge on any atom is 0.124 e. The lowest BCUT2D eigenvalue weighted by Gasteiger charge is -2.17. The smallest absolute Gasteiger partial charge is 0.124 e. The molecule has 2 aromatic carbocycles. The van der Waals surface area contributed by atoms with Gasteiger partial charge in [0, 0.05) is 16.3 Å². The Morgan fingerprint density at radius 2 is 1.86 bits per heavy atom. The summed E-state index contributed by atoms with van der Waals surface area (Å²) < 4.78 is 26.9. The van der Waals surface area contributed by atoms with E-state index in [-0.39, 0.29) is 11.6 Å². The van der Waals surface area contributed by atoms with Gasteiger partial charge in [0.05, 0.1) is 0 Å². The van der Waals surface area contributed by atoms with Gasteiger partial charge in [0.25, 0.3) is 0 Å². The fourth-order valence-electron chi connectivity index (χ4n) is 2.37. The number of halogens is 2. The van der Waals surface area contributed by atoms with E-state index < -0.39 is 0 Å². The third-order valence-electron chi connectivity index (χ3n) is 3.38. The summed E-state index contributed by atoms with van der Waals surface area (Å²) >= 11 is 1.46. The fourth-order valence-corrected chi connectivity index (χ4v) is 3.37. The van der Waals surface area contributed by atoms with Crippen LogP contribution in [0.1, 0.15) is 12.0 Å². The van der Waals surface area contributed by atoms with Crippen LogP contribution in [0.15, 0.2) is 58.3 Å². The predicted octanol–water partition coefficient (Wildman–Crippen LogP) is 4.49. The summed E-state index contributed by atoms with van der Waals surface area (Å²) in [6, 6.07) is 11.2. The van der Waals surface area contributed by atoms with Gasteiger partial charge in [-0.2, -0.15) is 0 Å². The van der Waals surface area contributed by atoms with Crippen LogP contribution in [0.4, 0.5) is 8.78 Å². The lowest BCUT2D eigenvalue weighted by molar-refractivity contribution is 0.623. The summed E-state index contributed by atoms with van der Waals surface area (Å²) in [5.41, 5.74) is 2.05. The molecule has 0 saturated heterocycles. The largest absolute Gasteiger partial charge is 0.313 e. The third-order valence-corrected chi connectivity index (χ3v) is 4.44. The van der Waals surface area contributed by atoms with Gasteiger partial charge in [0.1, 0.15) is 11.6 Å². The topological polar surface area (TPSA) is 12.0 Å². The van der Waals surface area contributed by atoms with Crippen molar-refractivity contribution in [2.75, 3.05) is 13.1 Å². The average molecular weight is 303 g/mol. The maximum atomic E-state index is 13.6. The first kappa shape index (κ1) is 14.3. The number of nitrogens with one attached hydrogen (secondary N) is 1. The molecule has 1 aliphatic rings. The molecule has 1 heterocycles. The highest BCUT2D eigenvalue weighted by Gasteiger charge is 2.13. The molecule has 4 heteroatoms. The van der Waals surface area contributed by atoms with E-state index in [0.717, 1.165) is 40.4 Å². The van der Waals surface area contributed by atoms with Crippen molar-refractivity contribution >= 4 is 17.3 Å². The molecule has 1 aliphatic heterocycles. The van der Waals surface area contributed by atoms with E-state index in [1.54, 1.807) is 18.2 Å². The minimum Gasteiger partial charge on any atom is -0.313 e. The van der Waals surface area contributed by atoms with Crippen LogP contribution in [0, 0.1) is 11.6 Å². The highest BCUT2D eigenvalue weighted by Crippen LogP contribution is 2.35. The molecule has 0 unspecified atom stereocenters. The maximum absolute atomic E-state index is 13.6. The van der Waals surface area contributed by atoms with Gasteiger partial charge < -0.3 is 5.32 Å². The highest BCUT2D eigenvalue weighted by atomic mass is 32.2. The summed E-state index contributed by atoms with van der Waals surface area (Å²) in [7, 11) is 0. The minimum atomic E-state index is -0.259. The second-order valence-electron chi connectivity index (χ2n) is 4.88. The quantitative estimate of drug-likeness (QED) is 0.896. The molecular weight excluding hydrogens is 288 g/mol. The van der Waals surface area contributed by atoms with Crippen molar-refractivity contribution < 1.29 is 8.78 Å². The third kappa shape index (κ3) is 3.52. The molecule has 3 rings (SSSR count). The highest BCUT2D eigenvalue weighted by molar-refractivity contribution is 7.99. The Bertz CT molecular complexity index is 682. The van der Waals surface area contributed by atoms with Crippen LogP contribution < -0.4 is 5.32 Å². The molecular formula is C17H15F2NS. The zero-order valence-electron chi connectivity index (χ0n) is 11.4. The van der Waals surface area contributed by atoms with Crippen molar-refractivity contribution in [3.8, 4) is 0 Å². The molecule has 0 atom stereocenters. The summed E-state index contributed by atoms with van der Waals surface area (Å²) in [6.45, 7) is 1.70. The van der Waals surface area contributed by atoms with E-state index in [1.165, 1.54) is 30.0 Å². The van der Waals surface area contributed by atoms with Crippen molar-refractivity contribution in [2.45, 2.75) is 16.2 Å². The van der Waals surface area contributed by atoms with Gasteiger partial charge >= 0.3 is 0 Å². The molecule has 0 aliphatic carbocycles. The van der Waals surface area contributed by atoms with Crippen LogP contribution in [-0.4, -0.2) is 13.1 Å². The second kappa shape index (κ2) is 6.41. The van der Waals surface area contributed by atoms with E-state index >= 15 is 0 Å². The lowest BCUT2D eigenvalue weighted by atomic mass is 10.0. The van der Waals surface area contributed by atoms with Crippen molar-refractivity contribution in [3.05, 3.63) is 65.7 Å². The van der Waals surface area contributed by atoms with Gasteiger partial charge in [-0.3, -0.25) is 0 Å². The zero-order chi connectivity index (χ0) is 14.7. The first-order valence-electron chi connectivity index (χ1n) is 6.85. The number of hydrogen-bond acceptors (Lipinski definition) is 2. The number of rotatable bonds is 3. The number of benzene rings is 2. The first-order chi connectivity index (χ1) is 10.2. The SMILES string of the molecule is Fc1cccc(Sc2ccc(F)cc2C2=CCNCC2)c1. The Kier molecular flexibility index (Phi) is 4.36. The Labute approximate surface area is 127 Å². The molecule has 1 N–H and O–H groups in total. The standard InChI is InChI=1S/C17H15F2NS/c18-13-2-1-3-15(10-13)21-17-5-4-14(19)11-16(17)12-6-8-20-9-7-12/h1-6,10-11,20H,7-9H2. The molecule has 0 radical (unpaired) electrons. The van der Waals surface area contributed by atoms with E-state index in [4.69, 9.17) is 0 Å². The second-order valence-corrected chi connectivity index (χ2v) is 6.00. The fraction of sp³-hybridized carbons (Fsp3) is 0.176. The molecule has 0 amide bonds. The van der Waals surface area contributed by atoms with E-state index in [0.29, 0.717) is 0 Å². The van der Waals surface area contributed by atoms with Gasteiger partial charge in [0.15, 0.2) is 0 Å². The molecule has 108 valence electrons. The van der Waals surface area contributed by atoms with Crippen LogP contribution >= 0.6 is 11.8 Å². The molecule has 0 fully saturated rings. The van der Waals surface area contributed by atoms with Crippen molar-refractivity contribution in [3.63, 3.8) is 0 Å². The summed E-state index contributed by atoms with van der Waals surface area (Å²) in [5, 5.41) is 3.25. The van der Waals surface area contributed by atoms with Crippen LogP contribution in [0.3, 0.4) is 0 Å². The van der Waals surface area contributed by atoms with Gasteiger partial charge in [-0.1, -0.05) is 23.9 Å². The zero-order valence-corrected chi connectivity index (χ0v) is 12.2. The van der Waals surface area contributed by atoms with Crippen LogP contribution in [0.25, 0.3) is 5.57 Å². The Balaban J connectivity index is 1.96. The van der Waals surface area contributed by atoms with Crippen LogP contribution in [0.2, 0.25) is 0 Å². The normalized spacial score (nSPS) is 14.9. The van der Waals surface area contributed by atoms with Gasteiger partial charge in [0.2, 0.25) is 0 Å². The first-order valence-corrected chi connectivity index (χ1v) is 7.67.